The number of carbonyl (C=O) groups excluding carboxylic acids is 1. The van der Waals surface area contributed by atoms with Crippen molar-refractivity contribution in [1.29, 1.82) is 0 Å². The fraction of sp³-hybridized carbons (Fsp3) is 0.200. The molecule has 3 N–H and O–H groups in total. The zero-order valence-electron chi connectivity index (χ0n) is 11.4. The molecule has 1 aromatic carbocycles. The summed E-state index contributed by atoms with van der Waals surface area (Å²) in [5.74, 6) is -0.0118. The third-order valence-electron chi connectivity index (χ3n) is 3.06. The minimum absolute atomic E-state index is 0.0978. The number of benzene rings is 1. The molecular formula is C15H16ClN3O. The molecule has 0 bridgehead atoms. The molecule has 2 aromatic rings. The van der Waals surface area contributed by atoms with E-state index >= 15 is 0 Å². The summed E-state index contributed by atoms with van der Waals surface area (Å²) in [6, 6.07) is 9.43. The van der Waals surface area contributed by atoms with Crippen LogP contribution in [0.25, 0.3) is 0 Å². The first kappa shape index (κ1) is 14.3. The highest BCUT2D eigenvalue weighted by Gasteiger charge is 2.13. The van der Waals surface area contributed by atoms with Crippen molar-refractivity contribution in [3.05, 3.63) is 58.2 Å². The number of halogens is 1. The molecule has 0 aliphatic rings. The van der Waals surface area contributed by atoms with E-state index in [1.165, 1.54) is 17.8 Å². The van der Waals surface area contributed by atoms with E-state index in [0.29, 0.717) is 5.56 Å². The lowest BCUT2D eigenvalue weighted by Crippen LogP contribution is -2.26. The maximum atomic E-state index is 12.1. The van der Waals surface area contributed by atoms with Crippen molar-refractivity contribution >= 4 is 23.3 Å². The molecule has 104 valence electrons. The summed E-state index contributed by atoms with van der Waals surface area (Å²) >= 11 is 5.86. The van der Waals surface area contributed by atoms with E-state index in [9.17, 15) is 4.79 Å². The Kier molecular flexibility index (Phi) is 4.25. The summed E-state index contributed by atoms with van der Waals surface area (Å²) in [4.78, 5) is 16.0. The third kappa shape index (κ3) is 3.27. The summed E-state index contributed by atoms with van der Waals surface area (Å²) in [7, 11) is 0. The number of aromatic nitrogens is 1. The van der Waals surface area contributed by atoms with Gasteiger partial charge in [-0.1, -0.05) is 41.4 Å². The Morgan fingerprint density at radius 1 is 1.35 bits per heavy atom. The van der Waals surface area contributed by atoms with Gasteiger partial charge < -0.3 is 11.1 Å². The summed E-state index contributed by atoms with van der Waals surface area (Å²) in [6.45, 7) is 3.95. The van der Waals surface area contributed by atoms with Crippen molar-refractivity contribution in [3.63, 3.8) is 0 Å². The molecule has 0 spiro atoms. The zero-order chi connectivity index (χ0) is 14.7. The van der Waals surface area contributed by atoms with Crippen LogP contribution in [0.5, 0.6) is 0 Å². The van der Waals surface area contributed by atoms with Crippen molar-refractivity contribution in [1.82, 2.24) is 10.3 Å². The van der Waals surface area contributed by atoms with Crippen LogP contribution < -0.4 is 11.1 Å². The van der Waals surface area contributed by atoms with Crippen LogP contribution in [0.1, 0.15) is 34.5 Å². The lowest BCUT2D eigenvalue weighted by atomic mass is 10.1. The monoisotopic (exact) mass is 289 g/mol. The average Bonchev–Trinajstić information content (AvgIpc) is 2.42. The highest BCUT2D eigenvalue weighted by atomic mass is 35.5. The Morgan fingerprint density at radius 3 is 2.60 bits per heavy atom. The van der Waals surface area contributed by atoms with Crippen LogP contribution in [0.2, 0.25) is 5.02 Å². The van der Waals surface area contributed by atoms with E-state index in [1.807, 2.05) is 38.1 Å². The van der Waals surface area contributed by atoms with Gasteiger partial charge in [0.25, 0.3) is 5.91 Å². The number of nitrogens with two attached hydrogens (primary N) is 1. The molecule has 1 heterocycles. The zero-order valence-corrected chi connectivity index (χ0v) is 12.1. The number of nitrogen functional groups attached to an aromatic ring is 1. The van der Waals surface area contributed by atoms with Crippen molar-refractivity contribution in [2.75, 3.05) is 5.73 Å². The summed E-state index contributed by atoms with van der Waals surface area (Å²) in [5, 5.41) is 3.18. The first-order valence-electron chi connectivity index (χ1n) is 6.26. The summed E-state index contributed by atoms with van der Waals surface area (Å²) in [6.07, 6.45) is 1.42. The third-order valence-corrected chi connectivity index (χ3v) is 3.36. The van der Waals surface area contributed by atoms with Gasteiger partial charge in [0, 0.05) is 6.20 Å². The quantitative estimate of drug-likeness (QED) is 0.912. The molecule has 1 amide bonds. The minimum Gasteiger partial charge on any atom is -0.382 e. The highest BCUT2D eigenvalue weighted by molar-refractivity contribution is 6.33. The van der Waals surface area contributed by atoms with Crippen LogP contribution in [0.4, 0.5) is 5.82 Å². The number of pyridine rings is 1. The number of amides is 1. The Labute approximate surface area is 123 Å². The van der Waals surface area contributed by atoms with Crippen molar-refractivity contribution < 1.29 is 4.79 Å². The number of carbonyl (C=O) groups is 1. The first-order valence-corrected chi connectivity index (χ1v) is 6.63. The Bertz CT molecular complexity index is 626. The SMILES string of the molecule is Cc1ccc(C(C)NC(=O)c2cnc(N)c(Cl)c2)cc1. The van der Waals surface area contributed by atoms with Crippen LogP contribution in [0.15, 0.2) is 36.5 Å². The molecule has 2 rings (SSSR count). The fourth-order valence-corrected chi connectivity index (χ4v) is 1.96. The molecule has 0 saturated heterocycles. The van der Waals surface area contributed by atoms with Gasteiger partial charge in [-0.2, -0.15) is 0 Å². The molecule has 1 aromatic heterocycles. The van der Waals surface area contributed by atoms with Gasteiger partial charge in [0.15, 0.2) is 0 Å². The average molecular weight is 290 g/mol. The molecule has 0 radical (unpaired) electrons. The van der Waals surface area contributed by atoms with Gasteiger partial charge >= 0.3 is 0 Å². The van der Waals surface area contributed by atoms with E-state index in [2.05, 4.69) is 10.3 Å². The second-order valence-corrected chi connectivity index (χ2v) is 5.10. The van der Waals surface area contributed by atoms with Gasteiger partial charge in [0.2, 0.25) is 0 Å². The standard InChI is InChI=1S/C15H16ClN3O/c1-9-3-5-11(6-4-9)10(2)19-15(20)12-7-13(16)14(17)18-8-12/h3-8,10H,1-2H3,(H2,17,18)(H,19,20). The van der Waals surface area contributed by atoms with Gasteiger partial charge in [-0.15, -0.1) is 0 Å². The lowest BCUT2D eigenvalue weighted by molar-refractivity contribution is 0.0939. The number of nitrogens with zero attached hydrogens (tertiary/aromatic N) is 1. The van der Waals surface area contributed by atoms with E-state index in [-0.39, 0.29) is 22.8 Å². The molecule has 5 heteroatoms. The second-order valence-electron chi connectivity index (χ2n) is 4.70. The lowest BCUT2D eigenvalue weighted by Gasteiger charge is -2.14. The maximum Gasteiger partial charge on any atom is 0.253 e. The van der Waals surface area contributed by atoms with Gasteiger partial charge in [-0.05, 0) is 25.5 Å². The van der Waals surface area contributed by atoms with Crippen molar-refractivity contribution in [2.45, 2.75) is 19.9 Å². The number of anilines is 1. The second kappa shape index (κ2) is 5.92. The van der Waals surface area contributed by atoms with Crippen LogP contribution in [-0.4, -0.2) is 10.9 Å². The van der Waals surface area contributed by atoms with Crippen LogP contribution in [0, 0.1) is 6.92 Å². The Morgan fingerprint density at radius 2 is 2.00 bits per heavy atom. The molecule has 0 fully saturated rings. The maximum absolute atomic E-state index is 12.1. The van der Waals surface area contributed by atoms with Crippen molar-refractivity contribution in [2.24, 2.45) is 0 Å². The molecule has 0 saturated carbocycles. The topological polar surface area (TPSA) is 68.0 Å². The Balaban J connectivity index is 2.10. The smallest absolute Gasteiger partial charge is 0.253 e. The normalized spacial score (nSPS) is 11.9. The van der Waals surface area contributed by atoms with Gasteiger partial charge in [0.1, 0.15) is 5.82 Å². The molecule has 0 aliphatic heterocycles. The molecule has 4 nitrogen and oxygen atoms in total. The molecule has 1 unspecified atom stereocenters. The van der Waals surface area contributed by atoms with Crippen LogP contribution in [-0.2, 0) is 0 Å². The number of nitrogens with one attached hydrogen (secondary N) is 1. The molecule has 0 aliphatic carbocycles. The van der Waals surface area contributed by atoms with Gasteiger partial charge in [-0.3, -0.25) is 4.79 Å². The van der Waals surface area contributed by atoms with Crippen LogP contribution in [0.3, 0.4) is 0 Å². The predicted octanol–water partition coefficient (Wildman–Crippen LogP) is 3.12. The molecule has 20 heavy (non-hydrogen) atoms. The number of aryl methyl sites for hydroxylation is 1. The number of rotatable bonds is 3. The van der Waals surface area contributed by atoms with Crippen molar-refractivity contribution in [3.8, 4) is 0 Å². The fourth-order valence-electron chi connectivity index (χ4n) is 1.79. The number of hydrogen-bond donors (Lipinski definition) is 2. The summed E-state index contributed by atoms with van der Waals surface area (Å²) < 4.78 is 0. The predicted molar refractivity (Wildman–Crippen MR) is 80.7 cm³/mol. The van der Waals surface area contributed by atoms with Gasteiger partial charge in [-0.25, -0.2) is 4.98 Å². The van der Waals surface area contributed by atoms with E-state index < -0.39 is 0 Å². The number of hydrogen-bond acceptors (Lipinski definition) is 3. The largest absolute Gasteiger partial charge is 0.382 e. The summed E-state index contributed by atoms with van der Waals surface area (Å²) in [5.41, 5.74) is 8.13. The minimum atomic E-state index is -0.229. The van der Waals surface area contributed by atoms with E-state index in [1.54, 1.807) is 0 Å². The first-order chi connectivity index (χ1) is 9.47. The van der Waals surface area contributed by atoms with E-state index in [0.717, 1.165) is 5.56 Å². The Hall–Kier alpha value is -2.07. The molecule has 1 atom stereocenters. The highest BCUT2D eigenvalue weighted by Crippen LogP contribution is 2.18. The van der Waals surface area contributed by atoms with E-state index in [4.69, 9.17) is 17.3 Å². The van der Waals surface area contributed by atoms with Gasteiger partial charge in [0.05, 0.1) is 16.6 Å². The molecular weight excluding hydrogens is 274 g/mol. The van der Waals surface area contributed by atoms with Crippen LogP contribution >= 0.6 is 11.6 Å².